The third kappa shape index (κ3) is 5.07. The van der Waals surface area contributed by atoms with Gasteiger partial charge in [-0.15, -0.1) is 24.0 Å². The van der Waals surface area contributed by atoms with Gasteiger partial charge in [-0.3, -0.25) is 4.99 Å². The quantitative estimate of drug-likeness (QED) is 0.417. The summed E-state index contributed by atoms with van der Waals surface area (Å²) in [6.07, 6.45) is 2.47. The van der Waals surface area contributed by atoms with Crippen LogP contribution in [0.25, 0.3) is 0 Å². The van der Waals surface area contributed by atoms with Crippen LogP contribution in [-0.4, -0.2) is 32.1 Å². The first-order valence-electron chi connectivity index (χ1n) is 7.85. The molecule has 1 aliphatic rings. The van der Waals surface area contributed by atoms with Crippen LogP contribution < -0.4 is 15.5 Å². The topological polar surface area (TPSA) is 52.8 Å². The van der Waals surface area contributed by atoms with E-state index in [1.807, 2.05) is 17.0 Å². The molecule has 1 unspecified atom stereocenters. The van der Waals surface area contributed by atoms with Gasteiger partial charge in [0.05, 0.1) is 18.5 Å². The Morgan fingerprint density at radius 2 is 2.20 bits per heavy atom. The van der Waals surface area contributed by atoms with Crippen molar-refractivity contribution in [2.24, 2.45) is 4.99 Å². The second kappa shape index (κ2) is 9.02. The molecule has 2 N–H and O–H groups in total. The second-order valence-corrected chi connectivity index (χ2v) is 5.68. The highest BCUT2D eigenvalue weighted by Crippen LogP contribution is 2.24. The van der Waals surface area contributed by atoms with Crippen molar-refractivity contribution >= 4 is 35.6 Å². The number of aliphatic imine (C=N–C) groups is 1. The van der Waals surface area contributed by atoms with E-state index in [4.69, 9.17) is 4.42 Å². The van der Waals surface area contributed by atoms with Gasteiger partial charge in [0, 0.05) is 32.2 Å². The zero-order valence-corrected chi connectivity index (χ0v) is 16.2. The summed E-state index contributed by atoms with van der Waals surface area (Å²) in [5, 5.41) is 6.49. The monoisotopic (exact) mass is 462 g/mol. The molecule has 8 heteroatoms. The van der Waals surface area contributed by atoms with E-state index >= 15 is 0 Å². The smallest absolute Gasteiger partial charge is 0.191 e. The SMILES string of the molecule is CN=C(NCc1ccco1)NC1CCN(c2ccc(F)cc2F)C1.I. The number of hydrogen-bond acceptors (Lipinski definition) is 3. The van der Waals surface area contributed by atoms with Crippen LogP contribution in [0.1, 0.15) is 12.2 Å². The minimum absolute atomic E-state index is 0. The molecule has 0 bridgehead atoms. The largest absolute Gasteiger partial charge is 0.467 e. The van der Waals surface area contributed by atoms with Crippen molar-refractivity contribution < 1.29 is 13.2 Å². The van der Waals surface area contributed by atoms with E-state index in [2.05, 4.69) is 15.6 Å². The molecule has 1 aromatic heterocycles. The minimum Gasteiger partial charge on any atom is -0.467 e. The normalized spacial score (nSPS) is 17.3. The summed E-state index contributed by atoms with van der Waals surface area (Å²) < 4.78 is 32.2. The molecule has 2 heterocycles. The van der Waals surface area contributed by atoms with Gasteiger partial charge in [-0.05, 0) is 30.7 Å². The van der Waals surface area contributed by atoms with Gasteiger partial charge in [-0.25, -0.2) is 8.78 Å². The summed E-state index contributed by atoms with van der Waals surface area (Å²) in [6.45, 7) is 1.87. The third-order valence-corrected chi connectivity index (χ3v) is 4.01. The number of anilines is 1. The Morgan fingerprint density at radius 3 is 2.88 bits per heavy atom. The van der Waals surface area contributed by atoms with Crippen LogP contribution in [0, 0.1) is 11.6 Å². The molecule has 2 aromatic rings. The molecule has 1 fully saturated rings. The Kier molecular flexibility index (Phi) is 7.03. The number of guanidine groups is 1. The average Bonchev–Trinajstić information content (AvgIpc) is 3.23. The van der Waals surface area contributed by atoms with Crippen molar-refractivity contribution in [1.82, 2.24) is 10.6 Å². The van der Waals surface area contributed by atoms with Crippen LogP contribution in [0.2, 0.25) is 0 Å². The molecular formula is C17H21F2IN4O. The lowest BCUT2D eigenvalue weighted by Crippen LogP contribution is -2.44. The van der Waals surface area contributed by atoms with E-state index in [9.17, 15) is 8.78 Å². The maximum absolute atomic E-state index is 13.9. The average molecular weight is 462 g/mol. The van der Waals surface area contributed by atoms with Crippen molar-refractivity contribution in [1.29, 1.82) is 0 Å². The molecule has 5 nitrogen and oxygen atoms in total. The van der Waals surface area contributed by atoms with Crippen LogP contribution >= 0.6 is 24.0 Å². The van der Waals surface area contributed by atoms with Gasteiger partial charge in [0.2, 0.25) is 0 Å². The van der Waals surface area contributed by atoms with E-state index in [1.54, 1.807) is 13.3 Å². The number of halogens is 3. The molecule has 0 spiro atoms. The molecule has 0 amide bonds. The summed E-state index contributed by atoms with van der Waals surface area (Å²) >= 11 is 0. The Bertz CT molecular complexity index is 709. The summed E-state index contributed by atoms with van der Waals surface area (Å²) in [5.74, 6) is 0.390. The standard InChI is InChI=1S/C17H20F2N4O.HI/c1-20-17(21-10-14-3-2-8-24-14)22-13-6-7-23(11-13)16-5-4-12(18)9-15(16)19;/h2-5,8-9,13H,6-7,10-11H2,1H3,(H2,20,21,22);1H. The van der Waals surface area contributed by atoms with Crippen molar-refractivity contribution in [2.45, 2.75) is 19.0 Å². The van der Waals surface area contributed by atoms with Gasteiger partial charge in [-0.1, -0.05) is 0 Å². The zero-order valence-electron chi connectivity index (χ0n) is 13.8. The van der Waals surface area contributed by atoms with Crippen molar-refractivity contribution in [3.8, 4) is 0 Å². The summed E-state index contributed by atoms with van der Waals surface area (Å²) in [6, 6.07) is 7.53. The van der Waals surface area contributed by atoms with Crippen LogP contribution in [0.4, 0.5) is 14.5 Å². The Morgan fingerprint density at radius 1 is 1.36 bits per heavy atom. The van der Waals surface area contributed by atoms with Crippen molar-refractivity contribution in [3.63, 3.8) is 0 Å². The first-order valence-corrected chi connectivity index (χ1v) is 7.85. The summed E-state index contributed by atoms with van der Waals surface area (Å²) in [5.41, 5.74) is 0.430. The number of rotatable bonds is 4. The molecule has 0 aliphatic carbocycles. The van der Waals surface area contributed by atoms with E-state index in [0.717, 1.165) is 18.2 Å². The summed E-state index contributed by atoms with van der Waals surface area (Å²) in [7, 11) is 1.70. The van der Waals surface area contributed by atoms with Crippen LogP contribution in [0.3, 0.4) is 0 Å². The van der Waals surface area contributed by atoms with E-state index in [0.29, 0.717) is 31.3 Å². The van der Waals surface area contributed by atoms with Gasteiger partial charge < -0.3 is 20.0 Å². The fourth-order valence-corrected chi connectivity index (χ4v) is 2.81. The van der Waals surface area contributed by atoms with Crippen LogP contribution in [-0.2, 0) is 6.54 Å². The molecule has 1 atom stereocenters. The fraction of sp³-hybridized carbons (Fsp3) is 0.353. The highest BCUT2D eigenvalue weighted by atomic mass is 127. The number of benzene rings is 1. The first-order chi connectivity index (χ1) is 11.7. The van der Waals surface area contributed by atoms with E-state index in [1.165, 1.54) is 12.1 Å². The lowest BCUT2D eigenvalue weighted by molar-refractivity contribution is 0.500. The van der Waals surface area contributed by atoms with Gasteiger partial charge in [-0.2, -0.15) is 0 Å². The fourth-order valence-electron chi connectivity index (χ4n) is 2.81. The summed E-state index contributed by atoms with van der Waals surface area (Å²) in [4.78, 5) is 6.10. The minimum atomic E-state index is -0.562. The number of nitrogens with one attached hydrogen (secondary N) is 2. The second-order valence-electron chi connectivity index (χ2n) is 5.68. The van der Waals surface area contributed by atoms with Crippen LogP contribution in [0.15, 0.2) is 46.0 Å². The highest BCUT2D eigenvalue weighted by molar-refractivity contribution is 14.0. The maximum atomic E-state index is 13.9. The number of nitrogens with zero attached hydrogens (tertiary/aromatic N) is 2. The molecular weight excluding hydrogens is 441 g/mol. The number of furan rings is 1. The molecule has 25 heavy (non-hydrogen) atoms. The molecule has 1 saturated heterocycles. The van der Waals surface area contributed by atoms with E-state index in [-0.39, 0.29) is 30.0 Å². The Hall–Kier alpha value is -1.84. The molecule has 3 rings (SSSR count). The van der Waals surface area contributed by atoms with Gasteiger partial charge in [0.15, 0.2) is 5.96 Å². The first kappa shape index (κ1) is 19.5. The molecule has 0 radical (unpaired) electrons. The zero-order chi connectivity index (χ0) is 16.9. The predicted molar refractivity (Wildman–Crippen MR) is 104 cm³/mol. The van der Waals surface area contributed by atoms with Crippen molar-refractivity contribution in [2.75, 3.05) is 25.0 Å². The maximum Gasteiger partial charge on any atom is 0.191 e. The molecule has 1 aliphatic heterocycles. The third-order valence-electron chi connectivity index (χ3n) is 4.01. The van der Waals surface area contributed by atoms with Crippen molar-refractivity contribution in [3.05, 3.63) is 54.0 Å². The van der Waals surface area contributed by atoms with Gasteiger partial charge in [0.1, 0.15) is 17.4 Å². The Labute approximate surface area is 162 Å². The molecule has 0 saturated carbocycles. The molecule has 136 valence electrons. The predicted octanol–water partition coefficient (Wildman–Crippen LogP) is 3.12. The molecule has 1 aromatic carbocycles. The van der Waals surface area contributed by atoms with Gasteiger partial charge in [0.25, 0.3) is 0 Å². The van der Waals surface area contributed by atoms with Gasteiger partial charge >= 0.3 is 0 Å². The lowest BCUT2D eigenvalue weighted by Gasteiger charge is -2.20. The van der Waals surface area contributed by atoms with Crippen LogP contribution in [0.5, 0.6) is 0 Å². The lowest BCUT2D eigenvalue weighted by atomic mass is 10.2. The Balaban J connectivity index is 0.00000225. The van der Waals surface area contributed by atoms with E-state index < -0.39 is 11.6 Å². The number of hydrogen-bond donors (Lipinski definition) is 2. The highest BCUT2D eigenvalue weighted by Gasteiger charge is 2.25.